The monoisotopic (exact) mass is 353 g/mol. The van der Waals surface area contributed by atoms with Gasteiger partial charge in [-0.2, -0.15) is 0 Å². The lowest BCUT2D eigenvalue weighted by Gasteiger charge is -2.15. The lowest BCUT2D eigenvalue weighted by atomic mass is 10.1. The summed E-state index contributed by atoms with van der Waals surface area (Å²) >= 11 is 9.34. The molecule has 0 heterocycles. The Morgan fingerprint density at radius 3 is 2.75 bits per heavy atom. The number of carbonyl (C=O) groups excluding carboxylic acids is 1. The Morgan fingerprint density at radius 1 is 1.30 bits per heavy atom. The van der Waals surface area contributed by atoms with Crippen molar-refractivity contribution in [3.63, 3.8) is 0 Å². The van der Waals surface area contributed by atoms with E-state index in [-0.39, 0.29) is 17.7 Å². The van der Waals surface area contributed by atoms with Crippen LogP contribution in [0.1, 0.15) is 28.9 Å². The van der Waals surface area contributed by atoms with Crippen molar-refractivity contribution in [2.75, 3.05) is 0 Å². The average molecular weight is 355 g/mol. The summed E-state index contributed by atoms with van der Waals surface area (Å²) in [7, 11) is 0. The van der Waals surface area contributed by atoms with Crippen LogP contribution in [0.15, 0.2) is 46.9 Å². The van der Waals surface area contributed by atoms with Crippen molar-refractivity contribution < 1.29 is 9.90 Å². The van der Waals surface area contributed by atoms with E-state index in [1.54, 1.807) is 36.4 Å². The van der Waals surface area contributed by atoms with Gasteiger partial charge in [0.25, 0.3) is 5.91 Å². The molecule has 2 aromatic rings. The molecule has 104 valence electrons. The summed E-state index contributed by atoms with van der Waals surface area (Å²) in [5.41, 5.74) is 1.23. The van der Waals surface area contributed by atoms with Gasteiger partial charge in [0.1, 0.15) is 5.75 Å². The molecule has 2 N–H and O–H groups in total. The first kappa shape index (κ1) is 14.9. The summed E-state index contributed by atoms with van der Waals surface area (Å²) in [6.45, 7) is 1.85. The van der Waals surface area contributed by atoms with Gasteiger partial charge in [0.15, 0.2) is 0 Å². The standard InChI is InChI=1S/C15H13BrClNO2/c1-9(10-3-2-4-12(19)7-10)18-15(20)13-8-11(16)5-6-14(13)17/h2-9,19H,1H3,(H,18,20). The molecule has 0 aromatic heterocycles. The third-order valence-corrected chi connectivity index (χ3v) is 3.71. The largest absolute Gasteiger partial charge is 0.508 e. The van der Waals surface area contributed by atoms with Crippen LogP contribution in [0.25, 0.3) is 0 Å². The average Bonchev–Trinajstić information content (AvgIpc) is 2.41. The zero-order chi connectivity index (χ0) is 14.7. The van der Waals surface area contributed by atoms with Crippen molar-refractivity contribution in [1.29, 1.82) is 0 Å². The van der Waals surface area contributed by atoms with E-state index >= 15 is 0 Å². The number of hydrogen-bond donors (Lipinski definition) is 2. The second-order valence-corrected chi connectivity index (χ2v) is 5.74. The van der Waals surface area contributed by atoms with Gasteiger partial charge in [0.2, 0.25) is 0 Å². The summed E-state index contributed by atoms with van der Waals surface area (Å²) in [5, 5.41) is 12.7. The fraction of sp³-hybridized carbons (Fsp3) is 0.133. The summed E-state index contributed by atoms with van der Waals surface area (Å²) in [4.78, 5) is 12.2. The minimum Gasteiger partial charge on any atom is -0.508 e. The first-order valence-electron chi connectivity index (χ1n) is 6.02. The van der Waals surface area contributed by atoms with E-state index in [1.807, 2.05) is 13.0 Å². The second kappa shape index (κ2) is 6.29. The number of carbonyl (C=O) groups is 1. The van der Waals surface area contributed by atoms with E-state index in [0.29, 0.717) is 10.6 Å². The Morgan fingerprint density at radius 2 is 2.05 bits per heavy atom. The van der Waals surface area contributed by atoms with Gasteiger partial charge in [0.05, 0.1) is 16.6 Å². The SMILES string of the molecule is CC(NC(=O)c1cc(Br)ccc1Cl)c1cccc(O)c1. The van der Waals surface area contributed by atoms with Gasteiger partial charge < -0.3 is 10.4 Å². The molecule has 1 amide bonds. The van der Waals surface area contributed by atoms with Crippen molar-refractivity contribution in [2.45, 2.75) is 13.0 Å². The highest BCUT2D eigenvalue weighted by atomic mass is 79.9. The van der Waals surface area contributed by atoms with Crippen LogP contribution in [0.4, 0.5) is 0 Å². The summed E-state index contributed by atoms with van der Waals surface area (Å²) in [5.74, 6) is -0.0868. The van der Waals surface area contributed by atoms with Crippen LogP contribution in [-0.2, 0) is 0 Å². The Balaban J connectivity index is 2.17. The van der Waals surface area contributed by atoms with Crippen LogP contribution < -0.4 is 5.32 Å². The molecule has 2 rings (SSSR count). The maximum absolute atomic E-state index is 12.2. The fourth-order valence-corrected chi connectivity index (χ4v) is 2.39. The maximum Gasteiger partial charge on any atom is 0.253 e. The number of amides is 1. The lowest BCUT2D eigenvalue weighted by molar-refractivity contribution is 0.0940. The zero-order valence-corrected chi connectivity index (χ0v) is 13.1. The second-order valence-electron chi connectivity index (χ2n) is 4.41. The molecule has 0 bridgehead atoms. The molecule has 0 radical (unpaired) electrons. The van der Waals surface area contributed by atoms with Crippen LogP contribution in [0.5, 0.6) is 5.75 Å². The van der Waals surface area contributed by atoms with Crippen LogP contribution >= 0.6 is 27.5 Å². The third-order valence-electron chi connectivity index (χ3n) is 2.89. The Hall–Kier alpha value is -1.52. The molecule has 0 aliphatic rings. The minimum absolute atomic E-state index is 0.170. The number of halogens is 2. The molecule has 0 spiro atoms. The van der Waals surface area contributed by atoms with E-state index in [2.05, 4.69) is 21.2 Å². The van der Waals surface area contributed by atoms with Crippen LogP contribution in [-0.4, -0.2) is 11.0 Å². The highest BCUT2D eigenvalue weighted by molar-refractivity contribution is 9.10. The highest BCUT2D eigenvalue weighted by Crippen LogP contribution is 2.23. The molecule has 0 aliphatic heterocycles. The van der Waals surface area contributed by atoms with Gasteiger partial charge in [-0.15, -0.1) is 0 Å². The Bertz CT molecular complexity index is 646. The van der Waals surface area contributed by atoms with Gasteiger partial charge in [-0.25, -0.2) is 0 Å². The van der Waals surface area contributed by atoms with Crippen molar-refractivity contribution in [2.24, 2.45) is 0 Å². The smallest absolute Gasteiger partial charge is 0.253 e. The van der Waals surface area contributed by atoms with E-state index in [9.17, 15) is 9.90 Å². The predicted octanol–water partition coefficient (Wildman–Crippen LogP) is 4.30. The zero-order valence-electron chi connectivity index (χ0n) is 10.7. The topological polar surface area (TPSA) is 49.3 Å². The van der Waals surface area contributed by atoms with Gasteiger partial charge >= 0.3 is 0 Å². The molecule has 5 heteroatoms. The Labute approximate surface area is 130 Å². The number of benzene rings is 2. The van der Waals surface area contributed by atoms with Crippen LogP contribution in [0.2, 0.25) is 5.02 Å². The molecule has 3 nitrogen and oxygen atoms in total. The maximum atomic E-state index is 12.2. The molecule has 0 saturated heterocycles. The number of nitrogens with one attached hydrogen (secondary N) is 1. The quantitative estimate of drug-likeness (QED) is 0.863. The minimum atomic E-state index is -0.257. The van der Waals surface area contributed by atoms with Gasteiger partial charge in [0, 0.05) is 4.47 Å². The molecular formula is C15H13BrClNO2. The predicted molar refractivity (Wildman–Crippen MR) is 83.1 cm³/mol. The van der Waals surface area contributed by atoms with Crippen LogP contribution in [0, 0.1) is 0 Å². The number of phenols is 1. The first-order valence-corrected chi connectivity index (χ1v) is 7.19. The van der Waals surface area contributed by atoms with Crippen molar-refractivity contribution >= 4 is 33.4 Å². The molecule has 0 fully saturated rings. The summed E-state index contributed by atoms with van der Waals surface area (Å²) in [6, 6.07) is 11.7. The molecule has 0 aliphatic carbocycles. The highest BCUT2D eigenvalue weighted by Gasteiger charge is 2.14. The lowest BCUT2D eigenvalue weighted by Crippen LogP contribution is -2.26. The molecule has 1 atom stereocenters. The normalized spacial score (nSPS) is 11.9. The summed E-state index contributed by atoms with van der Waals surface area (Å²) < 4.78 is 0.789. The van der Waals surface area contributed by atoms with E-state index in [0.717, 1.165) is 10.0 Å². The van der Waals surface area contributed by atoms with Crippen LogP contribution in [0.3, 0.4) is 0 Å². The van der Waals surface area contributed by atoms with E-state index in [4.69, 9.17) is 11.6 Å². The number of rotatable bonds is 3. The first-order chi connectivity index (χ1) is 9.47. The fourth-order valence-electron chi connectivity index (χ4n) is 1.82. The van der Waals surface area contributed by atoms with Gasteiger partial charge in [-0.1, -0.05) is 39.7 Å². The van der Waals surface area contributed by atoms with Gasteiger partial charge in [-0.05, 0) is 42.8 Å². The molecule has 20 heavy (non-hydrogen) atoms. The third kappa shape index (κ3) is 3.52. The van der Waals surface area contributed by atoms with Gasteiger partial charge in [-0.3, -0.25) is 4.79 Å². The number of aromatic hydroxyl groups is 1. The molecular weight excluding hydrogens is 342 g/mol. The van der Waals surface area contributed by atoms with E-state index in [1.165, 1.54) is 0 Å². The number of phenolic OH excluding ortho intramolecular Hbond substituents is 1. The van der Waals surface area contributed by atoms with Crippen molar-refractivity contribution in [1.82, 2.24) is 5.32 Å². The molecule has 1 unspecified atom stereocenters. The Kier molecular flexibility index (Phi) is 4.68. The summed E-state index contributed by atoms with van der Waals surface area (Å²) in [6.07, 6.45) is 0. The number of hydrogen-bond acceptors (Lipinski definition) is 2. The van der Waals surface area contributed by atoms with Crippen molar-refractivity contribution in [3.8, 4) is 5.75 Å². The van der Waals surface area contributed by atoms with E-state index < -0.39 is 0 Å². The van der Waals surface area contributed by atoms with Crippen molar-refractivity contribution in [3.05, 3.63) is 63.1 Å². The molecule has 2 aromatic carbocycles. The molecule has 0 saturated carbocycles.